The van der Waals surface area contributed by atoms with Crippen molar-refractivity contribution >= 4 is 102 Å². The fraction of sp³-hybridized carbons (Fsp3) is 0.549. The number of Topliss-reactive ketones (excluding diaryl/α,β-unsaturated/α-hetero) is 2. The number of primary amides is 1. The lowest BCUT2D eigenvalue weighted by molar-refractivity contribution is -0.144. The second-order valence-corrected chi connectivity index (χ2v) is 32.2. The van der Waals surface area contributed by atoms with Crippen LogP contribution in [0.25, 0.3) is 43.5 Å². The SMILES string of the molecule is CC(C)(C)NC(=O)N[C@H](C(=O)N1C[C@H](Oc2nc(-c3ccccn3)nc3sccc23)C[C@H]1C(=O)N[C@@H](CC1CCC1)C(=O)C(=O)NC1CC1)C(C)(C)C.CCC[C@H](NC(=O)[C@@H]1C[C@@H](Oc2nc(-c3ccccn3)nc3sccc23)CN1C(=O)[C@@H](NC(=O)NC(C)(C)C)C(C)(C)C)C(=O)C(N)=O. The Morgan fingerprint density at radius 1 is 0.574 bits per heavy atom. The fourth-order valence-corrected chi connectivity index (χ4v) is 13.5. The van der Waals surface area contributed by atoms with Gasteiger partial charge in [0.25, 0.3) is 11.8 Å². The molecule has 542 valence electrons. The molecule has 28 nitrogen and oxygen atoms in total. The average Bonchev–Trinajstić information content (AvgIpc) is 1.65. The lowest BCUT2D eigenvalue weighted by Gasteiger charge is -2.36. The van der Waals surface area contributed by atoms with Crippen molar-refractivity contribution in [3.63, 3.8) is 0 Å². The summed E-state index contributed by atoms with van der Waals surface area (Å²) in [4.78, 5) is 165. The van der Waals surface area contributed by atoms with E-state index in [1.165, 1.54) is 32.5 Å². The lowest BCUT2D eigenvalue weighted by Crippen LogP contribution is -2.61. The van der Waals surface area contributed by atoms with E-state index in [9.17, 15) is 47.9 Å². The molecule has 30 heteroatoms. The van der Waals surface area contributed by atoms with E-state index in [0.717, 1.165) is 32.1 Å². The fourth-order valence-electron chi connectivity index (χ4n) is 12.0. The predicted molar refractivity (Wildman–Crippen MR) is 381 cm³/mol. The maximum absolute atomic E-state index is 14.6. The number of likely N-dealkylation sites (tertiary alicyclic amines) is 2. The van der Waals surface area contributed by atoms with E-state index < -0.39 is 129 Å². The van der Waals surface area contributed by atoms with Crippen LogP contribution in [0.3, 0.4) is 0 Å². The summed E-state index contributed by atoms with van der Waals surface area (Å²) in [5, 5.41) is 24.7. The monoisotopic (exact) mass is 1430 g/mol. The number of nitrogens with two attached hydrogens (primary N) is 1. The van der Waals surface area contributed by atoms with Gasteiger partial charge in [0, 0.05) is 42.4 Å². The number of aromatic nitrogens is 6. The number of hydrogen-bond donors (Lipinski definition) is 8. The summed E-state index contributed by atoms with van der Waals surface area (Å²) in [6.45, 7) is 23.7. The van der Waals surface area contributed by atoms with Gasteiger partial charge < -0.3 is 62.2 Å². The van der Waals surface area contributed by atoms with Crippen LogP contribution in [0.4, 0.5) is 9.59 Å². The first-order valence-corrected chi connectivity index (χ1v) is 36.0. The molecule has 2 aliphatic carbocycles. The van der Waals surface area contributed by atoms with E-state index in [2.05, 4.69) is 62.1 Å². The third-order valence-corrected chi connectivity index (χ3v) is 19.0. The Bertz CT molecular complexity index is 4020. The van der Waals surface area contributed by atoms with Crippen molar-refractivity contribution in [2.24, 2.45) is 22.5 Å². The Morgan fingerprint density at radius 3 is 1.39 bits per heavy atom. The van der Waals surface area contributed by atoms with Crippen LogP contribution in [0.5, 0.6) is 11.8 Å². The molecule has 9 N–H and O–H groups in total. The summed E-state index contributed by atoms with van der Waals surface area (Å²) in [5.41, 5.74) is 3.75. The summed E-state index contributed by atoms with van der Waals surface area (Å²) in [6, 6.07) is 7.04. The topological polar surface area (TPSA) is 383 Å². The van der Waals surface area contributed by atoms with E-state index >= 15 is 0 Å². The zero-order valence-electron chi connectivity index (χ0n) is 59.6. The van der Waals surface area contributed by atoms with Gasteiger partial charge >= 0.3 is 12.1 Å². The second kappa shape index (κ2) is 31.7. The van der Waals surface area contributed by atoms with Gasteiger partial charge in [-0.25, -0.2) is 19.6 Å². The van der Waals surface area contributed by atoms with Crippen molar-refractivity contribution in [3.05, 3.63) is 71.7 Å². The van der Waals surface area contributed by atoms with Gasteiger partial charge in [0.1, 0.15) is 57.4 Å². The van der Waals surface area contributed by atoms with E-state index in [0.29, 0.717) is 62.2 Å². The highest BCUT2D eigenvalue weighted by molar-refractivity contribution is 7.17. The summed E-state index contributed by atoms with van der Waals surface area (Å²) in [5.74, 6) is -4.17. The van der Waals surface area contributed by atoms with Crippen molar-refractivity contribution in [3.8, 4) is 34.8 Å². The summed E-state index contributed by atoms with van der Waals surface area (Å²) < 4.78 is 13.0. The van der Waals surface area contributed by atoms with Gasteiger partial charge in [-0.1, -0.05) is 86.3 Å². The van der Waals surface area contributed by atoms with Gasteiger partial charge in [0.2, 0.25) is 47.0 Å². The first-order valence-electron chi connectivity index (χ1n) is 34.3. The van der Waals surface area contributed by atoms with Gasteiger partial charge in [-0.3, -0.25) is 48.3 Å². The van der Waals surface area contributed by atoms with Crippen LogP contribution in [-0.2, 0) is 38.4 Å². The van der Waals surface area contributed by atoms with Crippen LogP contribution in [0.2, 0.25) is 0 Å². The van der Waals surface area contributed by atoms with Crippen LogP contribution in [-0.4, -0.2) is 177 Å². The molecule has 2 aliphatic heterocycles. The van der Waals surface area contributed by atoms with E-state index in [4.69, 9.17) is 20.2 Å². The average molecular weight is 1430 g/mol. The number of pyridine rings is 2. The van der Waals surface area contributed by atoms with Crippen molar-refractivity contribution in [1.29, 1.82) is 0 Å². The lowest BCUT2D eigenvalue weighted by atomic mass is 9.80. The number of urea groups is 2. The summed E-state index contributed by atoms with van der Waals surface area (Å²) >= 11 is 2.84. The van der Waals surface area contributed by atoms with Crippen molar-refractivity contribution in [1.82, 2.24) is 76.9 Å². The van der Waals surface area contributed by atoms with E-state index in [1.54, 1.807) is 43.6 Å². The standard InChI is InChI=1S/C38H50N8O6S.C33H44N8O6S/c1-37(2,3)29(42-36(51)45-38(4,5)6)35(50)46-20-23(52-33-24-15-17-53-34(24)44-30(43-33)25-12-7-8-16-39-25)19-27(46)31(48)41-26(18-21-10-9-11-21)28(47)32(49)40-22-13-14-22;1-8-11-20(23(42)25(34)43)36-27(44)22-16-18(17-41(22)30(45)24(32(2,3)4)37-31(46)40-33(5,6)7)47-28-19-13-15-48-29(19)39-26(38-28)21-12-9-10-14-35-21/h7-8,12,15-17,21-23,26-27,29H,9-11,13-14,18-20H2,1-6H3,(H,40,49)(H,41,48)(H2,42,45,51);9-10,12-15,18,20,22,24H,8,11,16-17H2,1-7H3,(H2,34,43)(H,36,44)(H2,37,40,46)/t23-,26+,27+,29-;18-,20+,22+,24-/m11/s1. The number of nitrogens with zero attached hydrogens (tertiary/aromatic N) is 8. The highest BCUT2D eigenvalue weighted by Gasteiger charge is 2.49. The van der Waals surface area contributed by atoms with Crippen LogP contribution >= 0.6 is 22.7 Å². The maximum atomic E-state index is 14.6. The molecule has 4 fully saturated rings. The number of nitrogens with one attached hydrogen (secondary N) is 7. The van der Waals surface area contributed by atoms with E-state index in [1.807, 2.05) is 118 Å². The Labute approximate surface area is 595 Å². The minimum Gasteiger partial charge on any atom is -0.472 e. The molecule has 10 rings (SSSR count). The number of hydrogen-bond acceptors (Lipinski definition) is 20. The summed E-state index contributed by atoms with van der Waals surface area (Å²) in [6.07, 6.45) is 7.54. The Morgan fingerprint density at radius 2 is 1.02 bits per heavy atom. The second-order valence-electron chi connectivity index (χ2n) is 30.5. The molecule has 8 heterocycles. The highest BCUT2D eigenvalue weighted by atomic mass is 32.1. The minimum atomic E-state index is -1.16. The van der Waals surface area contributed by atoms with Crippen LogP contribution in [0.15, 0.2) is 71.7 Å². The number of thiophene rings is 2. The van der Waals surface area contributed by atoms with Crippen LogP contribution in [0, 0.1) is 16.7 Å². The molecule has 0 radical (unpaired) electrons. The number of rotatable bonds is 23. The smallest absolute Gasteiger partial charge is 0.315 e. The van der Waals surface area contributed by atoms with E-state index in [-0.39, 0.29) is 50.2 Å². The van der Waals surface area contributed by atoms with Crippen LogP contribution in [0.1, 0.15) is 154 Å². The molecule has 4 aliphatic rings. The number of fused-ring (bicyclic) bond motifs is 2. The molecule has 0 unspecified atom stereocenters. The summed E-state index contributed by atoms with van der Waals surface area (Å²) in [7, 11) is 0. The molecule has 6 aromatic rings. The Hall–Kier alpha value is -9.32. The molecular weight excluding hydrogens is 1330 g/mol. The van der Waals surface area contributed by atoms with Gasteiger partial charge in [0.05, 0.1) is 35.9 Å². The minimum absolute atomic E-state index is 0.00400. The molecular formula is C71H94N16O12S2. The molecule has 2 saturated carbocycles. The quantitative estimate of drug-likeness (QED) is 0.0297. The number of carbonyl (C=O) groups is 10. The third-order valence-electron chi connectivity index (χ3n) is 17.4. The first-order chi connectivity index (χ1) is 47.5. The number of amides is 10. The molecule has 101 heavy (non-hydrogen) atoms. The van der Waals surface area contributed by atoms with Crippen LogP contribution < -0.4 is 52.4 Å². The molecule has 2 saturated heterocycles. The first kappa shape index (κ1) is 75.9. The van der Waals surface area contributed by atoms with Crippen molar-refractivity contribution in [2.45, 2.75) is 220 Å². The van der Waals surface area contributed by atoms with Gasteiger partial charge in [-0.2, -0.15) is 9.97 Å². The Balaban J connectivity index is 0.000000237. The number of ketones is 2. The normalized spacial score (nSPS) is 19.1. The molecule has 6 aromatic heterocycles. The zero-order chi connectivity index (χ0) is 73.5. The molecule has 0 spiro atoms. The van der Waals surface area contributed by atoms with Gasteiger partial charge in [-0.05, 0) is 131 Å². The largest absolute Gasteiger partial charge is 0.472 e. The predicted octanol–water partition coefficient (Wildman–Crippen LogP) is 7.09. The van der Waals surface area contributed by atoms with Crippen molar-refractivity contribution < 1.29 is 57.4 Å². The third kappa shape index (κ3) is 20.0. The molecule has 0 bridgehead atoms. The number of ether oxygens (including phenoxy) is 2. The van der Waals surface area contributed by atoms with Gasteiger partial charge in [-0.15, -0.1) is 22.7 Å². The molecule has 10 amide bonds. The molecule has 0 aromatic carbocycles. The maximum Gasteiger partial charge on any atom is 0.315 e. The Kier molecular flexibility index (Phi) is 23.8. The van der Waals surface area contributed by atoms with Crippen molar-refractivity contribution in [2.75, 3.05) is 13.1 Å². The zero-order valence-corrected chi connectivity index (χ0v) is 61.2. The molecule has 8 atom stereocenters. The number of carbonyl (C=O) groups excluding carboxylic acids is 10. The van der Waals surface area contributed by atoms with Gasteiger partial charge in [0.15, 0.2) is 11.6 Å². The highest BCUT2D eigenvalue weighted by Crippen LogP contribution is 2.37.